The molecule has 2 unspecified atom stereocenters. The summed E-state index contributed by atoms with van der Waals surface area (Å²) < 4.78 is 10.2. The highest BCUT2D eigenvalue weighted by Gasteiger charge is 2.53. The minimum Gasteiger partial charge on any atom is -0.370 e. The third kappa shape index (κ3) is 13.0. The Morgan fingerprint density at radius 2 is 1.22 bits per heavy atom. The number of ether oxygens (including phenoxy) is 2. The maximum Gasteiger partial charge on any atom is 0.251 e. The zero-order valence-electron chi connectivity index (χ0n) is 30.4. The van der Waals surface area contributed by atoms with Crippen molar-refractivity contribution < 1.29 is 33.4 Å². The molecule has 2 rings (SSSR count). The SMILES string of the molecule is CCC(C)(C(=O)NCCCNC(=O)c1ccc(C(=O)c2ccccc2)cc1)C(C)(CCCC(N)=O)C(=O)NCCCNC(=S)NCC(OC)OC. The molecule has 0 heterocycles. The average Bonchev–Trinajstić information content (AvgIpc) is 3.14. The van der Waals surface area contributed by atoms with Crippen molar-refractivity contribution in [1.82, 2.24) is 26.6 Å². The Morgan fingerprint density at radius 3 is 1.76 bits per heavy atom. The van der Waals surface area contributed by atoms with Crippen LogP contribution in [0.1, 0.15) is 85.6 Å². The average molecular weight is 727 g/mol. The van der Waals surface area contributed by atoms with E-state index < -0.39 is 23.0 Å². The highest BCUT2D eigenvalue weighted by atomic mass is 32.1. The Labute approximate surface area is 306 Å². The van der Waals surface area contributed by atoms with Crippen LogP contribution in [0, 0.1) is 10.8 Å². The van der Waals surface area contributed by atoms with Crippen molar-refractivity contribution in [1.29, 1.82) is 0 Å². The van der Waals surface area contributed by atoms with Crippen LogP contribution in [0.25, 0.3) is 0 Å². The molecule has 4 amide bonds. The quantitative estimate of drug-likeness (QED) is 0.0430. The summed E-state index contributed by atoms with van der Waals surface area (Å²) in [5, 5.41) is 15.3. The molecule has 0 saturated heterocycles. The highest BCUT2D eigenvalue weighted by Crippen LogP contribution is 2.46. The molecule has 0 saturated carbocycles. The number of nitrogens with two attached hydrogens (primary N) is 1. The Morgan fingerprint density at radius 1 is 0.706 bits per heavy atom. The number of amides is 4. The van der Waals surface area contributed by atoms with Gasteiger partial charge in [-0.15, -0.1) is 0 Å². The van der Waals surface area contributed by atoms with Gasteiger partial charge in [-0.1, -0.05) is 49.4 Å². The molecular formula is C37H54N6O7S. The normalized spacial score (nSPS) is 13.3. The van der Waals surface area contributed by atoms with Gasteiger partial charge < -0.3 is 41.8 Å². The fourth-order valence-electron chi connectivity index (χ4n) is 5.56. The number of nitrogens with one attached hydrogen (secondary N) is 5. The van der Waals surface area contributed by atoms with Crippen LogP contribution in [-0.2, 0) is 23.9 Å². The number of hydrogen-bond acceptors (Lipinski definition) is 8. The summed E-state index contributed by atoms with van der Waals surface area (Å²) in [5.41, 5.74) is 4.59. The zero-order valence-corrected chi connectivity index (χ0v) is 31.2. The second kappa shape index (κ2) is 21.7. The van der Waals surface area contributed by atoms with E-state index in [1.807, 2.05) is 13.0 Å². The van der Waals surface area contributed by atoms with E-state index >= 15 is 0 Å². The van der Waals surface area contributed by atoms with Crippen LogP contribution < -0.4 is 32.3 Å². The summed E-state index contributed by atoms with van der Waals surface area (Å²) in [4.78, 5) is 64.3. The van der Waals surface area contributed by atoms with Crippen molar-refractivity contribution in [2.24, 2.45) is 16.6 Å². The number of carbonyl (C=O) groups excluding carboxylic acids is 5. The lowest BCUT2D eigenvalue weighted by Crippen LogP contribution is -2.56. The van der Waals surface area contributed by atoms with Crippen molar-refractivity contribution in [2.45, 2.75) is 65.6 Å². The van der Waals surface area contributed by atoms with Crippen molar-refractivity contribution in [3.63, 3.8) is 0 Å². The van der Waals surface area contributed by atoms with Crippen molar-refractivity contribution in [3.05, 3.63) is 71.3 Å². The molecule has 14 heteroatoms. The van der Waals surface area contributed by atoms with Gasteiger partial charge in [-0.2, -0.15) is 0 Å². The van der Waals surface area contributed by atoms with E-state index in [0.29, 0.717) is 73.7 Å². The zero-order chi connectivity index (χ0) is 37.9. The second-order valence-corrected chi connectivity index (χ2v) is 13.0. The molecule has 2 atom stereocenters. The monoisotopic (exact) mass is 726 g/mol. The summed E-state index contributed by atoms with van der Waals surface area (Å²) in [7, 11) is 3.07. The minimum atomic E-state index is -1.15. The van der Waals surface area contributed by atoms with E-state index in [4.69, 9.17) is 27.4 Å². The molecule has 0 fully saturated rings. The molecule has 0 aromatic heterocycles. The predicted molar refractivity (Wildman–Crippen MR) is 200 cm³/mol. The van der Waals surface area contributed by atoms with Crippen LogP contribution in [0.4, 0.5) is 0 Å². The molecule has 51 heavy (non-hydrogen) atoms. The van der Waals surface area contributed by atoms with Gasteiger partial charge in [0.15, 0.2) is 17.2 Å². The van der Waals surface area contributed by atoms with Gasteiger partial charge in [0, 0.05) is 63.5 Å². The fourth-order valence-corrected chi connectivity index (χ4v) is 5.75. The van der Waals surface area contributed by atoms with E-state index in [-0.39, 0.29) is 42.9 Å². The topological polar surface area (TPSA) is 190 Å². The first-order valence-corrected chi connectivity index (χ1v) is 17.6. The van der Waals surface area contributed by atoms with Gasteiger partial charge in [0.2, 0.25) is 17.7 Å². The summed E-state index contributed by atoms with van der Waals surface area (Å²) in [6, 6.07) is 15.4. The van der Waals surface area contributed by atoms with Crippen LogP contribution in [0.5, 0.6) is 0 Å². The maximum absolute atomic E-state index is 13.7. The molecule has 2 aromatic carbocycles. The number of rotatable bonds is 23. The smallest absolute Gasteiger partial charge is 0.251 e. The minimum absolute atomic E-state index is 0.0946. The largest absolute Gasteiger partial charge is 0.370 e. The number of thiocarbonyl (C=S) groups is 1. The number of benzene rings is 2. The third-order valence-corrected chi connectivity index (χ3v) is 9.57. The van der Waals surface area contributed by atoms with Gasteiger partial charge in [0.1, 0.15) is 0 Å². The van der Waals surface area contributed by atoms with Crippen molar-refractivity contribution in [2.75, 3.05) is 46.9 Å². The van der Waals surface area contributed by atoms with E-state index in [1.54, 1.807) is 62.4 Å². The van der Waals surface area contributed by atoms with Gasteiger partial charge in [-0.25, -0.2) is 0 Å². The van der Waals surface area contributed by atoms with E-state index in [1.165, 1.54) is 14.2 Å². The maximum atomic E-state index is 13.7. The Kier molecular flexibility index (Phi) is 18.2. The molecule has 0 radical (unpaired) electrons. The number of methoxy groups -OCH3 is 2. The van der Waals surface area contributed by atoms with Crippen LogP contribution in [-0.4, -0.2) is 87.8 Å². The summed E-state index contributed by atoms with van der Waals surface area (Å²) >= 11 is 5.27. The summed E-state index contributed by atoms with van der Waals surface area (Å²) in [6.45, 7) is 7.16. The summed E-state index contributed by atoms with van der Waals surface area (Å²) in [5.74, 6) is -1.48. The van der Waals surface area contributed by atoms with Gasteiger partial charge in [-0.3, -0.25) is 24.0 Å². The molecular weight excluding hydrogens is 673 g/mol. The van der Waals surface area contributed by atoms with Crippen LogP contribution >= 0.6 is 12.2 Å². The molecule has 2 aromatic rings. The number of hydrogen-bond donors (Lipinski definition) is 6. The van der Waals surface area contributed by atoms with Crippen molar-refractivity contribution >= 4 is 46.7 Å². The van der Waals surface area contributed by atoms with Crippen LogP contribution in [0.3, 0.4) is 0 Å². The second-order valence-electron chi connectivity index (χ2n) is 12.6. The van der Waals surface area contributed by atoms with Gasteiger partial charge in [-0.05, 0) is 70.3 Å². The Bertz CT molecular complexity index is 1460. The number of carbonyl (C=O) groups is 5. The highest BCUT2D eigenvalue weighted by molar-refractivity contribution is 7.80. The van der Waals surface area contributed by atoms with E-state index in [2.05, 4.69) is 26.6 Å². The molecule has 0 spiro atoms. The van der Waals surface area contributed by atoms with Gasteiger partial charge >= 0.3 is 0 Å². The Balaban J connectivity index is 1.91. The number of primary amides is 1. The first-order valence-electron chi connectivity index (χ1n) is 17.2. The summed E-state index contributed by atoms with van der Waals surface area (Å²) in [6.07, 6.45) is 1.67. The van der Waals surface area contributed by atoms with Crippen LogP contribution in [0.15, 0.2) is 54.6 Å². The lowest BCUT2D eigenvalue weighted by molar-refractivity contribution is -0.151. The van der Waals surface area contributed by atoms with Gasteiger partial charge in [0.25, 0.3) is 5.91 Å². The molecule has 0 aliphatic rings. The number of ketones is 1. The standard InChI is InChI=1S/C37H54N6O7S/c1-6-36(2,37(3,20-10-15-29(38)44)34(48)41-23-12-24-42-35(51)43-25-30(49-4)50-5)33(47)40-22-11-21-39-32(46)28-18-16-27(17-19-28)31(45)26-13-8-7-9-14-26/h7-9,13-14,16-19,30H,6,10-12,15,20-25H2,1-5H3,(H2,38,44)(H,39,46)(H,40,47)(H,41,48)(H2,42,43,51). The molecule has 0 aliphatic heterocycles. The Hall–Kier alpha value is -4.40. The predicted octanol–water partition coefficient (Wildman–Crippen LogP) is 2.82. The fraction of sp³-hybridized carbons (Fsp3) is 0.514. The third-order valence-electron chi connectivity index (χ3n) is 9.28. The first-order chi connectivity index (χ1) is 24.3. The van der Waals surface area contributed by atoms with E-state index in [0.717, 1.165) is 0 Å². The molecule has 0 bridgehead atoms. The molecule has 13 nitrogen and oxygen atoms in total. The lowest BCUT2D eigenvalue weighted by Gasteiger charge is -2.44. The lowest BCUT2D eigenvalue weighted by atomic mass is 9.60. The molecule has 0 aliphatic carbocycles. The molecule has 280 valence electrons. The van der Waals surface area contributed by atoms with Crippen molar-refractivity contribution in [3.8, 4) is 0 Å². The van der Waals surface area contributed by atoms with E-state index in [9.17, 15) is 24.0 Å². The van der Waals surface area contributed by atoms with Gasteiger partial charge in [0.05, 0.1) is 17.4 Å². The van der Waals surface area contributed by atoms with Crippen LogP contribution in [0.2, 0.25) is 0 Å². The first kappa shape index (κ1) is 42.8. The molecule has 7 N–H and O–H groups in total.